The number of pyridine rings is 1. The molecule has 1 heterocycles. The molecule has 0 spiro atoms. The topological polar surface area (TPSA) is 42.0 Å². The van der Waals surface area contributed by atoms with Crippen LogP contribution in [0.25, 0.3) is 0 Å². The molecule has 1 aliphatic carbocycles. The number of nitrogens with one attached hydrogen (secondary N) is 1. The zero-order chi connectivity index (χ0) is 12.1. The van der Waals surface area contributed by atoms with E-state index < -0.39 is 0 Å². The summed E-state index contributed by atoms with van der Waals surface area (Å²) < 4.78 is 0. The molecular weight excluding hydrogens is 212 g/mol. The summed E-state index contributed by atoms with van der Waals surface area (Å²) in [5, 5.41) is 3.11. The van der Waals surface area contributed by atoms with Crippen LogP contribution in [-0.4, -0.2) is 16.9 Å². The van der Waals surface area contributed by atoms with Crippen LogP contribution in [0, 0.1) is 5.92 Å². The fourth-order valence-corrected chi connectivity index (χ4v) is 2.35. The van der Waals surface area contributed by atoms with Gasteiger partial charge in [0.15, 0.2) is 0 Å². The van der Waals surface area contributed by atoms with Crippen molar-refractivity contribution >= 4 is 5.91 Å². The maximum absolute atomic E-state index is 11.8. The van der Waals surface area contributed by atoms with Crippen molar-refractivity contribution in [3.05, 3.63) is 30.1 Å². The average Bonchev–Trinajstić information content (AvgIpc) is 2.33. The highest BCUT2D eigenvalue weighted by atomic mass is 16.1. The van der Waals surface area contributed by atoms with Crippen LogP contribution >= 0.6 is 0 Å². The van der Waals surface area contributed by atoms with Gasteiger partial charge in [0.25, 0.3) is 0 Å². The van der Waals surface area contributed by atoms with Crippen molar-refractivity contribution in [3.63, 3.8) is 0 Å². The Hall–Kier alpha value is -1.38. The molecule has 0 atom stereocenters. The summed E-state index contributed by atoms with van der Waals surface area (Å²) in [6, 6.07) is 6.05. The van der Waals surface area contributed by atoms with Crippen LogP contribution < -0.4 is 5.32 Å². The second-order valence-corrected chi connectivity index (χ2v) is 5.02. The maximum atomic E-state index is 11.8. The minimum atomic E-state index is 0.100. The lowest BCUT2D eigenvalue weighted by molar-refractivity contribution is -0.121. The minimum Gasteiger partial charge on any atom is -0.353 e. The van der Waals surface area contributed by atoms with E-state index in [2.05, 4.69) is 17.2 Å². The smallest absolute Gasteiger partial charge is 0.226 e. The van der Waals surface area contributed by atoms with Gasteiger partial charge in [-0.05, 0) is 43.7 Å². The number of hydrogen-bond donors (Lipinski definition) is 1. The van der Waals surface area contributed by atoms with Gasteiger partial charge < -0.3 is 5.32 Å². The Bertz CT molecular complexity index is 356. The highest BCUT2D eigenvalue weighted by molar-refractivity contribution is 5.78. The molecule has 0 unspecified atom stereocenters. The van der Waals surface area contributed by atoms with E-state index in [1.165, 1.54) is 12.8 Å². The number of rotatable bonds is 3. The molecule has 1 saturated carbocycles. The van der Waals surface area contributed by atoms with Gasteiger partial charge in [0.2, 0.25) is 5.91 Å². The number of nitrogens with zero attached hydrogens (tertiary/aromatic N) is 1. The van der Waals surface area contributed by atoms with Gasteiger partial charge in [0.05, 0.1) is 6.42 Å². The first-order valence-electron chi connectivity index (χ1n) is 6.43. The van der Waals surface area contributed by atoms with Gasteiger partial charge in [-0.3, -0.25) is 9.78 Å². The lowest BCUT2D eigenvalue weighted by Crippen LogP contribution is -2.38. The summed E-state index contributed by atoms with van der Waals surface area (Å²) in [4.78, 5) is 16.0. The number of hydrogen-bond acceptors (Lipinski definition) is 2. The monoisotopic (exact) mass is 232 g/mol. The molecule has 0 aromatic carbocycles. The molecule has 1 fully saturated rings. The van der Waals surface area contributed by atoms with E-state index in [1.807, 2.05) is 18.2 Å². The molecule has 3 nitrogen and oxygen atoms in total. The van der Waals surface area contributed by atoms with Gasteiger partial charge in [-0.15, -0.1) is 0 Å². The second kappa shape index (κ2) is 5.80. The van der Waals surface area contributed by atoms with Crippen molar-refractivity contribution < 1.29 is 4.79 Å². The first kappa shape index (κ1) is 12.1. The van der Waals surface area contributed by atoms with Crippen molar-refractivity contribution in [1.82, 2.24) is 10.3 Å². The highest BCUT2D eigenvalue weighted by Crippen LogP contribution is 2.23. The average molecular weight is 232 g/mol. The fraction of sp³-hybridized carbons (Fsp3) is 0.571. The molecule has 1 amide bonds. The molecule has 0 radical (unpaired) electrons. The minimum absolute atomic E-state index is 0.100. The Morgan fingerprint density at radius 2 is 2.12 bits per heavy atom. The van der Waals surface area contributed by atoms with Crippen molar-refractivity contribution in [2.75, 3.05) is 0 Å². The van der Waals surface area contributed by atoms with Gasteiger partial charge in [-0.2, -0.15) is 0 Å². The Labute approximate surface area is 103 Å². The van der Waals surface area contributed by atoms with Crippen LogP contribution in [0.15, 0.2) is 24.4 Å². The summed E-state index contributed by atoms with van der Waals surface area (Å²) in [5.74, 6) is 0.919. The molecule has 0 saturated heterocycles. The van der Waals surface area contributed by atoms with Crippen molar-refractivity contribution in [1.29, 1.82) is 0 Å². The van der Waals surface area contributed by atoms with E-state index in [0.29, 0.717) is 12.5 Å². The summed E-state index contributed by atoms with van der Waals surface area (Å²) in [5.41, 5.74) is 0.842. The van der Waals surface area contributed by atoms with Gasteiger partial charge in [-0.25, -0.2) is 0 Å². The molecule has 1 aromatic heterocycles. The Kier molecular flexibility index (Phi) is 4.13. The Morgan fingerprint density at radius 3 is 2.76 bits per heavy atom. The second-order valence-electron chi connectivity index (χ2n) is 5.02. The molecule has 0 bridgehead atoms. The molecule has 2 rings (SSSR count). The SMILES string of the molecule is CC1CCC(NC(=O)Cc2ccccn2)CC1. The lowest BCUT2D eigenvalue weighted by atomic mass is 9.87. The zero-order valence-electron chi connectivity index (χ0n) is 10.4. The van der Waals surface area contributed by atoms with E-state index in [0.717, 1.165) is 24.5 Å². The van der Waals surface area contributed by atoms with E-state index in [4.69, 9.17) is 0 Å². The number of amides is 1. The molecular formula is C14H20N2O. The zero-order valence-corrected chi connectivity index (χ0v) is 10.4. The van der Waals surface area contributed by atoms with Crippen LogP contribution in [0.2, 0.25) is 0 Å². The first-order chi connectivity index (χ1) is 8.24. The van der Waals surface area contributed by atoms with Gasteiger partial charge in [0.1, 0.15) is 0 Å². The van der Waals surface area contributed by atoms with Crippen LogP contribution in [0.5, 0.6) is 0 Å². The van der Waals surface area contributed by atoms with Gasteiger partial charge in [0, 0.05) is 17.9 Å². The number of carbonyl (C=O) groups is 1. The van der Waals surface area contributed by atoms with Crippen LogP contribution in [0.4, 0.5) is 0 Å². The van der Waals surface area contributed by atoms with Gasteiger partial charge in [-0.1, -0.05) is 13.0 Å². The van der Waals surface area contributed by atoms with Crippen LogP contribution in [0.3, 0.4) is 0 Å². The van der Waals surface area contributed by atoms with E-state index in [1.54, 1.807) is 6.20 Å². The van der Waals surface area contributed by atoms with E-state index in [9.17, 15) is 4.79 Å². The Morgan fingerprint density at radius 1 is 1.35 bits per heavy atom. The lowest BCUT2D eigenvalue weighted by Gasteiger charge is -2.26. The van der Waals surface area contributed by atoms with Crippen molar-refractivity contribution in [3.8, 4) is 0 Å². The molecule has 1 N–H and O–H groups in total. The summed E-state index contributed by atoms with van der Waals surface area (Å²) in [6.45, 7) is 2.28. The predicted octanol–water partition coefficient (Wildman–Crippen LogP) is 2.32. The molecule has 0 aliphatic heterocycles. The van der Waals surface area contributed by atoms with Crippen molar-refractivity contribution in [2.45, 2.75) is 45.1 Å². The van der Waals surface area contributed by atoms with Crippen LogP contribution in [0.1, 0.15) is 38.3 Å². The third-order valence-corrected chi connectivity index (χ3v) is 3.45. The largest absolute Gasteiger partial charge is 0.353 e. The number of aromatic nitrogens is 1. The van der Waals surface area contributed by atoms with Crippen molar-refractivity contribution in [2.24, 2.45) is 5.92 Å². The predicted molar refractivity (Wildman–Crippen MR) is 67.5 cm³/mol. The third-order valence-electron chi connectivity index (χ3n) is 3.45. The fourth-order valence-electron chi connectivity index (χ4n) is 2.35. The van der Waals surface area contributed by atoms with E-state index >= 15 is 0 Å². The van der Waals surface area contributed by atoms with E-state index in [-0.39, 0.29) is 5.91 Å². The summed E-state index contributed by atoms with van der Waals surface area (Å²) >= 11 is 0. The van der Waals surface area contributed by atoms with Gasteiger partial charge >= 0.3 is 0 Å². The summed E-state index contributed by atoms with van der Waals surface area (Å²) in [6.07, 6.45) is 6.82. The quantitative estimate of drug-likeness (QED) is 0.869. The highest BCUT2D eigenvalue weighted by Gasteiger charge is 2.19. The normalized spacial score (nSPS) is 24.3. The molecule has 92 valence electrons. The third kappa shape index (κ3) is 3.84. The van der Waals surface area contributed by atoms with Crippen LogP contribution in [-0.2, 0) is 11.2 Å². The first-order valence-corrected chi connectivity index (χ1v) is 6.43. The number of carbonyl (C=O) groups excluding carboxylic acids is 1. The maximum Gasteiger partial charge on any atom is 0.226 e. The summed E-state index contributed by atoms with van der Waals surface area (Å²) in [7, 11) is 0. The molecule has 1 aliphatic rings. The molecule has 17 heavy (non-hydrogen) atoms. The standard InChI is InChI=1S/C14H20N2O/c1-11-5-7-12(8-6-11)16-14(17)10-13-4-2-3-9-15-13/h2-4,9,11-12H,5-8,10H2,1H3,(H,16,17). The Balaban J connectivity index is 1.78. The molecule has 1 aromatic rings. The molecule has 3 heteroatoms.